The van der Waals surface area contributed by atoms with Crippen molar-refractivity contribution in [2.75, 3.05) is 0 Å². The van der Waals surface area contributed by atoms with Crippen LogP contribution < -0.4 is 0 Å². The quantitative estimate of drug-likeness (QED) is 0.767. The first-order valence-electron chi connectivity index (χ1n) is 3.53. The summed E-state index contributed by atoms with van der Waals surface area (Å²) in [6.45, 7) is 1.93. The summed E-state index contributed by atoms with van der Waals surface area (Å²) in [5, 5.41) is 9.01. The van der Waals surface area contributed by atoms with Crippen LogP contribution in [0.25, 0.3) is 0 Å². The summed E-state index contributed by atoms with van der Waals surface area (Å²) in [5.41, 5.74) is 0.846. The number of aryl methyl sites for hydroxylation is 1. The van der Waals surface area contributed by atoms with Crippen LogP contribution in [0.4, 0.5) is 0 Å². The zero-order valence-electron chi connectivity index (χ0n) is 6.54. The number of aromatic nitrogens is 1. The summed E-state index contributed by atoms with van der Waals surface area (Å²) in [4.78, 5) is 14.2. The molecule has 12 heavy (non-hydrogen) atoms. The molecule has 1 N–H and O–H groups in total. The first-order valence-corrected chi connectivity index (χ1v) is 3.90. The van der Waals surface area contributed by atoms with Crippen molar-refractivity contribution in [3.63, 3.8) is 0 Å². The number of rotatable bonds is 2. The van der Waals surface area contributed by atoms with Crippen molar-refractivity contribution >= 4 is 17.6 Å². The van der Waals surface area contributed by atoms with Gasteiger partial charge in [0.15, 0.2) is 0 Å². The van der Waals surface area contributed by atoms with Gasteiger partial charge >= 0.3 is 5.97 Å². The molecule has 0 saturated carbocycles. The molecular formula is C8H8ClNO2. The molecular weight excluding hydrogens is 178 g/mol. The number of carboxylic acids is 1. The predicted octanol–water partition coefficient (Wildman–Crippen LogP) is 2.00. The molecule has 0 aliphatic carbocycles. The number of carbonyl (C=O) groups is 1. The van der Waals surface area contributed by atoms with Crippen molar-refractivity contribution in [2.24, 2.45) is 0 Å². The normalized spacial score (nSPS) is 9.83. The highest BCUT2D eigenvalue weighted by atomic mass is 35.5. The lowest BCUT2D eigenvalue weighted by molar-refractivity contribution is 0.0690. The van der Waals surface area contributed by atoms with Crippen LogP contribution in [0.15, 0.2) is 12.3 Å². The molecule has 0 fully saturated rings. The summed E-state index contributed by atoms with van der Waals surface area (Å²) < 4.78 is 0. The van der Waals surface area contributed by atoms with Gasteiger partial charge in [-0.2, -0.15) is 0 Å². The van der Waals surface area contributed by atoms with E-state index in [2.05, 4.69) is 4.98 Å². The Hall–Kier alpha value is -1.09. The topological polar surface area (TPSA) is 50.2 Å². The minimum absolute atomic E-state index is 0.0165. The zero-order chi connectivity index (χ0) is 9.14. The molecule has 0 aliphatic heterocycles. The molecule has 0 bridgehead atoms. The van der Waals surface area contributed by atoms with Gasteiger partial charge in [0.25, 0.3) is 0 Å². The third-order valence-corrected chi connectivity index (χ3v) is 1.88. The zero-order valence-corrected chi connectivity index (χ0v) is 7.30. The predicted molar refractivity (Wildman–Crippen MR) is 45.6 cm³/mol. The van der Waals surface area contributed by atoms with Gasteiger partial charge in [0.05, 0.1) is 0 Å². The van der Waals surface area contributed by atoms with E-state index in [0.29, 0.717) is 5.02 Å². The molecule has 0 radical (unpaired) electrons. The van der Waals surface area contributed by atoms with Crippen LogP contribution in [0, 0.1) is 0 Å². The van der Waals surface area contributed by atoms with E-state index in [0.717, 1.165) is 12.0 Å². The summed E-state index contributed by atoms with van der Waals surface area (Å²) in [6, 6.07) is 1.36. The SMILES string of the molecule is CCc1cnc(C(=O)O)cc1Cl. The molecule has 0 spiro atoms. The van der Waals surface area contributed by atoms with E-state index >= 15 is 0 Å². The van der Waals surface area contributed by atoms with Gasteiger partial charge in [-0.1, -0.05) is 18.5 Å². The number of pyridine rings is 1. The van der Waals surface area contributed by atoms with Gasteiger partial charge < -0.3 is 5.11 Å². The van der Waals surface area contributed by atoms with E-state index in [1.54, 1.807) is 0 Å². The summed E-state index contributed by atoms with van der Waals surface area (Å²) >= 11 is 5.77. The fraction of sp³-hybridized carbons (Fsp3) is 0.250. The molecule has 64 valence electrons. The molecule has 0 aliphatic rings. The molecule has 4 heteroatoms. The second kappa shape index (κ2) is 3.54. The number of aromatic carboxylic acids is 1. The van der Waals surface area contributed by atoms with Gasteiger partial charge in [-0.25, -0.2) is 9.78 Å². The van der Waals surface area contributed by atoms with Gasteiger partial charge in [-0.15, -0.1) is 0 Å². The maximum absolute atomic E-state index is 10.4. The lowest BCUT2D eigenvalue weighted by atomic mass is 10.2. The van der Waals surface area contributed by atoms with Crippen molar-refractivity contribution < 1.29 is 9.90 Å². The van der Waals surface area contributed by atoms with E-state index in [4.69, 9.17) is 16.7 Å². The Morgan fingerprint density at radius 1 is 1.75 bits per heavy atom. The lowest BCUT2D eigenvalue weighted by Gasteiger charge is -2.00. The van der Waals surface area contributed by atoms with Crippen molar-refractivity contribution in [3.05, 3.63) is 28.5 Å². The molecule has 3 nitrogen and oxygen atoms in total. The van der Waals surface area contributed by atoms with Gasteiger partial charge in [0.1, 0.15) is 5.69 Å². The molecule has 1 aromatic heterocycles. The number of halogens is 1. The molecule has 0 unspecified atom stereocenters. The number of hydrogen-bond donors (Lipinski definition) is 1. The highest BCUT2D eigenvalue weighted by Crippen LogP contribution is 2.15. The van der Waals surface area contributed by atoms with E-state index in [1.165, 1.54) is 12.3 Å². The molecule has 0 saturated heterocycles. The van der Waals surface area contributed by atoms with Crippen LogP contribution in [0.1, 0.15) is 23.0 Å². The van der Waals surface area contributed by atoms with Gasteiger partial charge in [-0.3, -0.25) is 0 Å². The molecule has 1 heterocycles. The summed E-state index contributed by atoms with van der Waals surface area (Å²) in [6.07, 6.45) is 2.25. The standard InChI is InChI=1S/C8H8ClNO2/c1-2-5-4-10-7(8(11)12)3-6(5)9/h3-4H,2H2,1H3,(H,11,12). The largest absolute Gasteiger partial charge is 0.477 e. The Labute approximate surface area is 75.0 Å². The fourth-order valence-electron chi connectivity index (χ4n) is 0.836. The third-order valence-electron chi connectivity index (χ3n) is 1.53. The smallest absolute Gasteiger partial charge is 0.354 e. The first kappa shape index (κ1) is 9.00. The Kier molecular flexibility index (Phi) is 2.65. The van der Waals surface area contributed by atoms with Crippen molar-refractivity contribution in [1.82, 2.24) is 4.98 Å². The van der Waals surface area contributed by atoms with Crippen LogP contribution in [0.2, 0.25) is 5.02 Å². The first-order chi connectivity index (χ1) is 5.65. The van der Waals surface area contributed by atoms with Crippen LogP contribution in [0.3, 0.4) is 0 Å². The average Bonchev–Trinajstić information content (AvgIpc) is 2.04. The van der Waals surface area contributed by atoms with E-state index in [1.807, 2.05) is 6.92 Å². The van der Waals surface area contributed by atoms with E-state index in [-0.39, 0.29) is 5.69 Å². The molecule has 1 aromatic rings. The number of nitrogens with zero attached hydrogens (tertiary/aromatic N) is 1. The van der Waals surface area contributed by atoms with E-state index in [9.17, 15) is 4.79 Å². The van der Waals surface area contributed by atoms with E-state index < -0.39 is 5.97 Å². The third kappa shape index (κ3) is 1.74. The van der Waals surface area contributed by atoms with Crippen LogP contribution in [-0.2, 0) is 6.42 Å². The lowest BCUT2D eigenvalue weighted by Crippen LogP contribution is -2.00. The van der Waals surface area contributed by atoms with Crippen LogP contribution >= 0.6 is 11.6 Å². The van der Waals surface area contributed by atoms with Gasteiger partial charge in [0, 0.05) is 11.2 Å². The highest BCUT2D eigenvalue weighted by Gasteiger charge is 2.06. The monoisotopic (exact) mass is 185 g/mol. The van der Waals surface area contributed by atoms with Crippen LogP contribution in [0.5, 0.6) is 0 Å². The minimum atomic E-state index is -1.06. The second-order valence-electron chi connectivity index (χ2n) is 2.32. The maximum Gasteiger partial charge on any atom is 0.354 e. The maximum atomic E-state index is 10.4. The Balaban J connectivity index is 3.10. The second-order valence-corrected chi connectivity index (χ2v) is 2.73. The van der Waals surface area contributed by atoms with Gasteiger partial charge in [-0.05, 0) is 18.1 Å². The van der Waals surface area contributed by atoms with Gasteiger partial charge in [0.2, 0.25) is 0 Å². The Bertz CT molecular complexity index is 312. The Morgan fingerprint density at radius 2 is 2.42 bits per heavy atom. The summed E-state index contributed by atoms with van der Waals surface area (Å²) in [7, 11) is 0. The summed E-state index contributed by atoms with van der Waals surface area (Å²) in [5.74, 6) is -1.06. The number of carboxylic acid groups (broad SMARTS) is 1. The molecule has 0 amide bonds. The number of hydrogen-bond acceptors (Lipinski definition) is 2. The minimum Gasteiger partial charge on any atom is -0.477 e. The fourth-order valence-corrected chi connectivity index (χ4v) is 1.12. The van der Waals surface area contributed by atoms with Crippen molar-refractivity contribution in [2.45, 2.75) is 13.3 Å². The van der Waals surface area contributed by atoms with Crippen LogP contribution in [-0.4, -0.2) is 16.1 Å². The molecule has 1 rings (SSSR count). The average molecular weight is 186 g/mol. The van der Waals surface area contributed by atoms with Crippen molar-refractivity contribution in [1.29, 1.82) is 0 Å². The van der Waals surface area contributed by atoms with Crippen molar-refractivity contribution in [3.8, 4) is 0 Å². The molecule has 0 atom stereocenters. The Morgan fingerprint density at radius 3 is 2.83 bits per heavy atom. The highest BCUT2D eigenvalue weighted by molar-refractivity contribution is 6.31. The molecule has 0 aromatic carbocycles.